The van der Waals surface area contributed by atoms with Crippen molar-refractivity contribution < 1.29 is 14.3 Å². The standard InChI is InChI=1S/C21H23N5O3/c1-13(2)9-16-10-18(26-25-16)21(28)23-15-6-7-17(19(11-15)29-3)24-20(27)14-5-4-8-22-12-14/h4-8,10-13H,9H2,1-3H3,(H,23,28)(H,24,27)(H,25,26). The van der Waals surface area contributed by atoms with Gasteiger partial charge in [0, 0.05) is 29.8 Å². The molecule has 0 aliphatic heterocycles. The lowest BCUT2D eigenvalue weighted by molar-refractivity contribution is 0.101. The molecule has 3 rings (SSSR count). The average molecular weight is 393 g/mol. The van der Waals surface area contributed by atoms with Crippen LogP contribution in [0.3, 0.4) is 0 Å². The van der Waals surface area contributed by atoms with Crippen molar-refractivity contribution in [1.29, 1.82) is 0 Å². The summed E-state index contributed by atoms with van der Waals surface area (Å²) in [7, 11) is 1.49. The van der Waals surface area contributed by atoms with Crippen LogP contribution in [-0.2, 0) is 6.42 Å². The fraction of sp³-hybridized carbons (Fsp3) is 0.238. The molecule has 3 aromatic rings. The van der Waals surface area contributed by atoms with Crippen LogP contribution in [0.2, 0.25) is 0 Å². The van der Waals surface area contributed by atoms with Crippen LogP contribution in [0.4, 0.5) is 11.4 Å². The minimum atomic E-state index is -0.328. The van der Waals surface area contributed by atoms with E-state index in [1.165, 1.54) is 13.3 Å². The summed E-state index contributed by atoms with van der Waals surface area (Å²) in [6.07, 6.45) is 3.90. The summed E-state index contributed by atoms with van der Waals surface area (Å²) in [5, 5.41) is 12.5. The Balaban J connectivity index is 1.70. The Bertz CT molecular complexity index is 999. The topological polar surface area (TPSA) is 109 Å². The highest BCUT2D eigenvalue weighted by molar-refractivity contribution is 6.06. The molecule has 2 amide bonds. The number of rotatable bonds is 7. The predicted octanol–water partition coefficient (Wildman–Crippen LogP) is 3.52. The molecule has 0 radical (unpaired) electrons. The fourth-order valence-electron chi connectivity index (χ4n) is 2.78. The van der Waals surface area contributed by atoms with Crippen molar-refractivity contribution in [1.82, 2.24) is 15.2 Å². The van der Waals surface area contributed by atoms with Gasteiger partial charge in [0.05, 0.1) is 18.4 Å². The second kappa shape index (κ2) is 9.01. The van der Waals surface area contributed by atoms with Crippen molar-refractivity contribution in [3.05, 3.63) is 65.7 Å². The summed E-state index contributed by atoms with van der Waals surface area (Å²) in [5.74, 6) is 0.250. The van der Waals surface area contributed by atoms with Crippen molar-refractivity contribution in [3.63, 3.8) is 0 Å². The molecule has 0 unspecified atom stereocenters. The van der Waals surface area contributed by atoms with Crippen LogP contribution in [0.1, 0.15) is 40.4 Å². The van der Waals surface area contributed by atoms with Crippen LogP contribution in [0.25, 0.3) is 0 Å². The summed E-state index contributed by atoms with van der Waals surface area (Å²) in [5.41, 5.74) is 2.67. The van der Waals surface area contributed by atoms with E-state index in [9.17, 15) is 9.59 Å². The Morgan fingerprint density at radius 1 is 1.14 bits per heavy atom. The average Bonchev–Trinajstić information content (AvgIpc) is 3.17. The Morgan fingerprint density at radius 2 is 1.97 bits per heavy atom. The number of carbonyl (C=O) groups excluding carboxylic acids is 2. The van der Waals surface area contributed by atoms with Gasteiger partial charge < -0.3 is 15.4 Å². The lowest BCUT2D eigenvalue weighted by Gasteiger charge is -2.12. The molecule has 3 N–H and O–H groups in total. The quantitative estimate of drug-likeness (QED) is 0.569. The summed E-state index contributed by atoms with van der Waals surface area (Å²) >= 11 is 0. The van der Waals surface area contributed by atoms with Crippen molar-refractivity contribution in [2.75, 3.05) is 17.7 Å². The molecule has 0 saturated heterocycles. The van der Waals surface area contributed by atoms with Gasteiger partial charge in [0.25, 0.3) is 11.8 Å². The Kier molecular flexibility index (Phi) is 6.23. The maximum Gasteiger partial charge on any atom is 0.276 e. The zero-order valence-corrected chi connectivity index (χ0v) is 16.5. The van der Waals surface area contributed by atoms with Crippen LogP contribution in [-0.4, -0.2) is 34.1 Å². The first-order valence-electron chi connectivity index (χ1n) is 9.21. The van der Waals surface area contributed by atoms with E-state index in [2.05, 4.69) is 39.7 Å². The van der Waals surface area contributed by atoms with E-state index in [1.807, 2.05) is 0 Å². The molecular formula is C21H23N5O3. The lowest BCUT2D eigenvalue weighted by atomic mass is 10.1. The molecule has 29 heavy (non-hydrogen) atoms. The molecule has 2 heterocycles. The van der Waals surface area contributed by atoms with Crippen LogP contribution >= 0.6 is 0 Å². The van der Waals surface area contributed by atoms with E-state index in [4.69, 9.17) is 4.74 Å². The van der Waals surface area contributed by atoms with Crippen molar-refractivity contribution >= 4 is 23.2 Å². The number of benzene rings is 1. The third-order valence-corrected chi connectivity index (χ3v) is 4.12. The number of methoxy groups -OCH3 is 1. The summed E-state index contributed by atoms with van der Waals surface area (Å²) in [6.45, 7) is 4.20. The van der Waals surface area contributed by atoms with Crippen LogP contribution < -0.4 is 15.4 Å². The molecule has 150 valence electrons. The van der Waals surface area contributed by atoms with E-state index in [-0.39, 0.29) is 11.8 Å². The molecule has 0 bridgehead atoms. The molecule has 8 heteroatoms. The highest BCUT2D eigenvalue weighted by Gasteiger charge is 2.14. The van der Waals surface area contributed by atoms with Gasteiger partial charge in [-0.25, -0.2) is 0 Å². The zero-order chi connectivity index (χ0) is 20.8. The van der Waals surface area contributed by atoms with E-state index in [1.54, 1.807) is 42.6 Å². The van der Waals surface area contributed by atoms with E-state index >= 15 is 0 Å². The Labute approximate surface area is 168 Å². The zero-order valence-electron chi connectivity index (χ0n) is 16.5. The molecule has 1 aromatic carbocycles. The summed E-state index contributed by atoms with van der Waals surface area (Å²) in [6, 6.07) is 10.1. The maximum absolute atomic E-state index is 12.4. The first kappa shape index (κ1) is 20.1. The third kappa shape index (κ3) is 5.19. The molecule has 0 aliphatic rings. The molecule has 2 aromatic heterocycles. The fourth-order valence-corrected chi connectivity index (χ4v) is 2.78. The number of nitrogens with zero attached hydrogens (tertiary/aromatic N) is 2. The van der Waals surface area contributed by atoms with Gasteiger partial charge in [-0.05, 0) is 42.7 Å². The number of hydrogen-bond acceptors (Lipinski definition) is 5. The summed E-state index contributed by atoms with van der Waals surface area (Å²) in [4.78, 5) is 28.7. The Morgan fingerprint density at radius 3 is 2.66 bits per heavy atom. The number of aromatic amines is 1. The smallest absolute Gasteiger partial charge is 0.276 e. The number of hydrogen-bond donors (Lipinski definition) is 3. The second-order valence-electron chi connectivity index (χ2n) is 6.94. The first-order valence-corrected chi connectivity index (χ1v) is 9.21. The SMILES string of the molecule is COc1cc(NC(=O)c2cc(CC(C)C)[nH]n2)ccc1NC(=O)c1cccnc1. The normalized spacial score (nSPS) is 10.6. The number of ether oxygens (including phenoxy) is 1. The van der Waals surface area contributed by atoms with Gasteiger partial charge in [0.2, 0.25) is 0 Å². The molecular weight excluding hydrogens is 370 g/mol. The largest absolute Gasteiger partial charge is 0.494 e. The van der Waals surface area contributed by atoms with Crippen LogP contribution in [0.15, 0.2) is 48.8 Å². The van der Waals surface area contributed by atoms with Gasteiger partial charge in [-0.2, -0.15) is 5.10 Å². The molecule has 8 nitrogen and oxygen atoms in total. The highest BCUT2D eigenvalue weighted by atomic mass is 16.5. The summed E-state index contributed by atoms with van der Waals surface area (Å²) < 4.78 is 5.35. The number of nitrogens with one attached hydrogen (secondary N) is 3. The monoisotopic (exact) mass is 393 g/mol. The number of amides is 2. The first-order chi connectivity index (χ1) is 14.0. The van der Waals surface area contributed by atoms with Gasteiger partial charge in [0.1, 0.15) is 5.75 Å². The second-order valence-corrected chi connectivity index (χ2v) is 6.94. The maximum atomic E-state index is 12.4. The lowest BCUT2D eigenvalue weighted by Crippen LogP contribution is -2.14. The van der Waals surface area contributed by atoms with Gasteiger partial charge >= 0.3 is 0 Å². The van der Waals surface area contributed by atoms with Gasteiger partial charge in [0.15, 0.2) is 5.69 Å². The van der Waals surface area contributed by atoms with Gasteiger partial charge in [-0.1, -0.05) is 13.8 Å². The highest BCUT2D eigenvalue weighted by Crippen LogP contribution is 2.28. The van der Waals surface area contributed by atoms with Gasteiger partial charge in [-0.15, -0.1) is 0 Å². The molecule has 0 atom stereocenters. The molecule has 0 aliphatic carbocycles. The van der Waals surface area contributed by atoms with Crippen molar-refractivity contribution in [3.8, 4) is 5.75 Å². The van der Waals surface area contributed by atoms with E-state index in [0.717, 1.165) is 12.1 Å². The number of H-pyrrole nitrogens is 1. The molecule has 0 saturated carbocycles. The van der Waals surface area contributed by atoms with E-state index in [0.29, 0.717) is 34.3 Å². The van der Waals surface area contributed by atoms with Crippen molar-refractivity contribution in [2.24, 2.45) is 5.92 Å². The molecule has 0 spiro atoms. The molecule has 0 fully saturated rings. The van der Waals surface area contributed by atoms with Gasteiger partial charge in [-0.3, -0.25) is 19.7 Å². The number of carbonyl (C=O) groups is 2. The predicted molar refractivity (Wildman–Crippen MR) is 110 cm³/mol. The van der Waals surface area contributed by atoms with Crippen LogP contribution in [0.5, 0.6) is 5.75 Å². The number of anilines is 2. The minimum absolute atomic E-state index is 0.303. The third-order valence-electron chi connectivity index (χ3n) is 4.12. The van der Waals surface area contributed by atoms with Crippen LogP contribution in [0, 0.1) is 5.92 Å². The Hall–Kier alpha value is -3.68. The minimum Gasteiger partial charge on any atom is -0.494 e. The number of pyridine rings is 1. The number of aromatic nitrogens is 3. The van der Waals surface area contributed by atoms with E-state index < -0.39 is 0 Å². The van der Waals surface area contributed by atoms with Crippen molar-refractivity contribution in [2.45, 2.75) is 20.3 Å².